The summed E-state index contributed by atoms with van der Waals surface area (Å²) in [6.07, 6.45) is 3.27. The van der Waals surface area contributed by atoms with E-state index in [1.807, 2.05) is 51.1 Å². The Bertz CT molecular complexity index is 1080. The zero-order valence-corrected chi connectivity index (χ0v) is 22.4. The van der Waals surface area contributed by atoms with Gasteiger partial charge in [0.15, 0.2) is 0 Å². The van der Waals surface area contributed by atoms with Crippen LogP contribution < -0.4 is 9.62 Å². The van der Waals surface area contributed by atoms with E-state index in [-0.39, 0.29) is 37.2 Å². The van der Waals surface area contributed by atoms with Gasteiger partial charge < -0.3 is 10.2 Å². The molecule has 0 aliphatic carbocycles. The maximum Gasteiger partial charge on any atom is 0.243 e. The highest BCUT2D eigenvalue weighted by molar-refractivity contribution is 7.92. The molecule has 0 aliphatic heterocycles. The number of hydrogen-bond acceptors (Lipinski definition) is 4. The van der Waals surface area contributed by atoms with Gasteiger partial charge in [-0.1, -0.05) is 44.2 Å². The van der Waals surface area contributed by atoms with Crippen LogP contribution in [0, 0.1) is 5.82 Å². The van der Waals surface area contributed by atoms with Gasteiger partial charge in [0.1, 0.15) is 11.9 Å². The molecule has 0 heterocycles. The van der Waals surface area contributed by atoms with Crippen LogP contribution in [0.5, 0.6) is 0 Å². The van der Waals surface area contributed by atoms with Gasteiger partial charge in [0.2, 0.25) is 21.8 Å². The summed E-state index contributed by atoms with van der Waals surface area (Å²) in [5.74, 6) is -0.848. The lowest BCUT2D eigenvalue weighted by atomic mass is 10.1. The van der Waals surface area contributed by atoms with Crippen LogP contribution >= 0.6 is 0 Å². The molecule has 0 saturated carbocycles. The molecule has 2 atom stereocenters. The van der Waals surface area contributed by atoms with Crippen molar-refractivity contribution in [2.75, 3.05) is 23.7 Å². The highest BCUT2D eigenvalue weighted by atomic mass is 32.2. The normalized spacial score (nSPS) is 13.0. The molecule has 0 spiro atoms. The van der Waals surface area contributed by atoms with E-state index >= 15 is 0 Å². The molecule has 9 heteroatoms. The van der Waals surface area contributed by atoms with Gasteiger partial charge in [-0.25, -0.2) is 12.8 Å². The van der Waals surface area contributed by atoms with E-state index in [4.69, 9.17) is 0 Å². The predicted octanol–water partition coefficient (Wildman–Crippen LogP) is 4.14. The standard InChI is InChI=1S/C27H38FN3O4S/c1-5-21(3)29-27(33)25(6-2)30(20-18-22-11-8-7-9-12-22)26(32)13-10-19-31(36(4,34)35)24-16-14-23(28)15-17-24/h7-9,11-12,14-17,21,25H,5-6,10,13,18-20H2,1-4H3,(H,29,33)/t21-,25+/m0/s1. The summed E-state index contributed by atoms with van der Waals surface area (Å²) in [5, 5.41) is 2.98. The Hall–Kier alpha value is -2.94. The summed E-state index contributed by atoms with van der Waals surface area (Å²) >= 11 is 0. The van der Waals surface area contributed by atoms with Crippen LogP contribution in [0.4, 0.5) is 10.1 Å². The molecule has 1 N–H and O–H groups in total. The highest BCUT2D eigenvalue weighted by Crippen LogP contribution is 2.19. The van der Waals surface area contributed by atoms with Gasteiger partial charge in [0.25, 0.3) is 0 Å². The second-order valence-electron chi connectivity index (χ2n) is 8.98. The Balaban J connectivity index is 2.15. The Morgan fingerprint density at radius 2 is 1.61 bits per heavy atom. The van der Waals surface area contributed by atoms with Crippen LogP contribution in [0.3, 0.4) is 0 Å². The van der Waals surface area contributed by atoms with Crippen LogP contribution in [0.1, 0.15) is 52.0 Å². The zero-order valence-electron chi connectivity index (χ0n) is 21.6. The maximum atomic E-state index is 13.4. The minimum atomic E-state index is -3.62. The largest absolute Gasteiger partial charge is 0.352 e. The van der Waals surface area contributed by atoms with E-state index in [1.54, 1.807) is 4.90 Å². The van der Waals surface area contributed by atoms with Crippen molar-refractivity contribution in [3.63, 3.8) is 0 Å². The van der Waals surface area contributed by atoms with E-state index in [9.17, 15) is 22.4 Å². The third-order valence-corrected chi connectivity index (χ3v) is 7.33. The van der Waals surface area contributed by atoms with Gasteiger partial charge >= 0.3 is 0 Å². The first-order valence-electron chi connectivity index (χ1n) is 12.4. The third-order valence-electron chi connectivity index (χ3n) is 6.14. The Kier molecular flexibility index (Phi) is 11.4. The molecule has 2 rings (SSSR count). The monoisotopic (exact) mass is 519 g/mol. The first kappa shape index (κ1) is 29.3. The fraction of sp³-hybridized carbons (Fsp3) is 0.481. The average Bonchev–Trinajstić information content (AvgIpc) is 2.84. The van der Waals surface area contributed by atoms with Crippen LogP contribution in [0.15, 0.2) is 54.6 Å². The van der Waals surface area contributed by atoms with Crippen molar-refractivity contribution in [2.45, 2.75) is 65.0 Å². The van der Waals surface area contributed by atoms with Crippen LogP contribution in [-0.4, -0.2) is 56.6 Å². The zero-order chi connectivity index (χ0) is 26.7. The number of halogens is 1. The lowest BCUT2D eigenvalue weighted by molar-refractivity contribution is -0.141. The Morgan fingerprint density at radius 3 is 2.17 bits per heavy atom. The van der Waals surface area contributed by atoms with E-state index in [2.05, 4.69) is 5.32 Å². The third kappa shape index (κ3) is 8.93. The number of carbonyl (C=O) groups excluding carboxylic acids is 2. The second-order valence-corrected chi connectivity index (χ2v) is 10.9. The van der Waals surface area contributed by atoms with E-state index in [0.717, 1.165) is 18.2 Å². The molecule has 0 saturated heterocycles. The minimum absolute atomic E-state index is 0.00310. The van der Waals surface area contributed by atoms with Gasteiger partial charge in [0.05, 0.1) is 11.9 Å². The molecular formula is C27H38FN3O4S. The fourth-order valence-electron chi connectivity index (χ4n) is 3.95. The molecule has 7 nitrogen and oxygen atoms in total. The number of nitrogens with zero attached hydrogens (tertiary/aromatic N) is 2. The number of hydrogen-bond donors (Lipinski definition) is 1. The molecule has 0 bridgehead atoms. The predicted molar refractivity (Wildman–Crippen MR) is 142 cm³/mol. The van der Waals surface area contributed by atoms with Crippen LogP contribution in [-0.2, 0) is 26.0 Å². The smallest absolute Gasteiger partial charge is 0.243 e. The lowest BCUT2D eigenvalue weighted by Crippen LogP contribution is -2.51. The Morgan fingerprint density at radius 1 is 0.972 bits per heavy atom. The first-order valence-corrected chi connectivity index (χ1v) is 14.3. The summed E-state index contributed by atoms with van der Waals surface area (Å²) < 4.78 is 39.2. The SMILES string of the molecule is CC[C@H](C(=O)N[C@@H](C)CC)N(CCc1ccccc1)C(=O)CCCN(c1ccc(F)cc1)S(C)(=O)=O. The molecule has 0 radical (unpaired) electrons. The van der Waals surface area contributed by atoms with Crippen molar-refractivity contribution in [3.05, 3.63) is 66.0 Å². The number of nitrogens with one attached hydrogen (secondary N) is 1. The maximum absolute atomic E-state index is 13.4. The molecule has 198 valence electrons. The van der Waals surface area contributed by atoms with Crippen molar-refractivity contribution in [3.8, 4) is 0 Å². The second kappa shape index (κ2) is 14.0. The van der Waals surface area contributed by atoms with Gasteiger partial charge in [0, 0.05) is 25.6 Å². The van der Waals surface area contributed by atoms with Crippen molar-refractivity contribution in [1.82, 2.24) is 10.2 Å². The minimum Gasteiger partial charge on any atom is -0.352 e. The first-order chi connectivity index (χ1) is 17.1. The van der Waals surface area contributed by atoms with Crippen molar-refractivity contribution in [2.24, 2.45) is 0 Å². The number of anilines is 1. The van der Waals surface area contributed by atoms with E-state index in [1.165, 1.54) is 28.6 Å². The molecule has 0 unspecified atom stereocenters. The average molecular weight is 520 g/mol. The number of rotatable bonds is 14. The summed E-state index contributed by atoms with van der Waals surface area (Å²) in [7, 11) is -3.62. The van der Waals surface area contributed by atoms with Gasteiger partial charge in [-0.05, 0) is 62.4 Å². The van der Waals surface area contributed by atoms with Gasteiger partial charge in [-0.2, -0.15) is 0 Å². The van der Waals surface area contributed by atoms with Crippen LogP contribution in [0.2, 0.25) is 0 Å². The van der Waals surface area contributed by atoms with Gasteiger partial charge in [-0.3, -0.25) is 13.9 Å². The summed E-state index contributed by atoms with van der Waals surface area (Å²) in [6, 6.07) is 14.3. The van der Waals surface area contributed by atoms with Crippen molar-refractivity contribution in [1.29, 1.82) is 0 Å². The number of carbonyl (C=O) groups is 2. The summed E-state index contributed by atoms with van der Waals surface area (Å²) in [6.45, 7) is 6.24. The lowest BCUT2D eigenvalue weighted by Gasteiger charge is -2.32. The van der Waals surface area contributed by atoms with Gasteiger partial charge in [-0.15, -0.1) is 0 Å². The number of benzene rings is 2. The quantitative estimate of drug-likeness (QED) is 0.407. The fourth-order valence-corrected chi connectivity index (χ4v) is 4.91. The number of sulfonamides is 1. The molecule has 2 aromatic carbocycles. The topological polar surface area (TPSA) is 86.8 Å². The Labute approximate surface area is 214 Å². The van der Waals surface area contributed by atoms with E-state index < -0.39 is 21.9 Å². The molecular weight excluding hydrogens is 481 g/mol. The molecule has 36 heavy (non-hydrogen) atoms. The summed E-state index contributed by atoms with van der Waals surface area (Å²) in [5.41, 5.74) is 1.40. The van der Waals surface area contributed by atoms with Crippen LogP contribution in [0.25, 0.3) is 0 Å². The molecule has 0 fully saturated rings. The molecule has 2 aromatic rings. The molecule has 0 aromatic heterocycles. The summed E-state index contributed by atoms with van der Waals surface area (Å²) in [4.78, 5) is 28.0. The highest BCUT2D eigenvalue weighted by Gasteiger charge is 2.29. The van der Waals surface area contributed by atoms with E-state index in [0.29, 0.717) is 25.1 Å². The number of amides is 2. The van der Waals surface area contributed by atoms with Crippen molar-refractivity contribution >= 4 is 27.5 Å². The molecule has 2 amide bonds. The molecule has 0 aliphatic rings. The van der Waals surface area contributed by atoms with Crippen molar-refractivity contribution < 1.29 is 22.4 Å².